The summed E-state index contributed by atoms with van der Waals surface area (Å²) in [4.78, 5) is 9.89. The molecule has 2 aliphatic rings. The molecule has 0 aromatic carbocycles. The minimum Gasteiger partial charge on any atom is -0.379 e. The zero-order chi connectivity index (χ0) is 18.6. The molecular formula is C20H42IN5O. The molecule has 0 radical (unpaired) electrons. The minimum atomic E-state index is 0. The molecule has 160 valence electrons. The molecule has 2 aliphatic heterocycles. The number of piperidine rings is 1. The summed E-state index contributed by atoms with van der Waals surface area (Å²) in [6.45, 7) is 17.1. The second-order valence-corrected chi connectivity index (χ2v) is 7.90. The van der Waals surface area contributed by atoms with Crippen molar-refractivity contribution in [2.75, 3.05) is 65.6 Å². The van der Waals surface area contributed by atoms with Gasteiger partial charge in [0.05, 0.1) is 19.8 Å². The maximum absolute atomic E-state index is 5.43. The van der Waals surface area contributed by atoms with E-state index in [1.807, 2.05) is 0 Å². The zero-order valence-corrected chi connectivity index (χ0v) is 20.0. The van der Waals surface area contributed by atoms with Crippen molar-refractivity contribution < 1.29 is 4.74 Å². The van der Waals surface area contributed by atoms with Gasteiger partial charge in [0.15, 0.2) is 5.96 Å². The predicted octanol–water partition coefficient (Wildman–Crippen LogP) is 2.39. The van der Waals surface area contributed by atoms with Gasteiger partial charge in [-0.05, 0) is 58.5 Å². The summed E-state index contributed by atoms with van der Waals surface area (Å²) in [5.41, 5.74) is 0. The number of unbranched alkanes of at least 4 members (excludes halogenated alkanes) is 1. The molecule has 2 fully saturated rings. The molecule has 27 heavy (non-hydrogen) atoms. The SMILES string of the molecule is CCNC(=NCC(C)N1CCOCC1)NCCCCN1CCCC(C)C1.I. The van der Waals surface area contributed by atoms with Crippen molar-refractivity contribution in [1.82, 2.24) is 20.4 Å². The lowest BCUT2D eigenvalue weighted by atomic mass is 10.0. The van der Waals surface area contributed by atoms with Crippen LogP contribution in [0.2, 0.25) is 0 Å². The van der Waals surface area contributed by atoms with Crippen LogP contribution in [-0.2, 0) is 4.74 Å². The van der Waals surface area contributed by atoms with Crippen molar-refractivity contribution in [3.05, 3.63) is 0 Å². The first-order valence-electron chi connectivity index (χ1n) is 10.8. The van der Waals surface area contributed by atoms with Crippen LogP contribution in [0.5, 0.6) is 0 Å². The van der Waals surface area contributed by atoms with E-state index in [1.54, 1.807) is 0 Å². The van der Waals surface area contributed by atoms with Crippen LogP contribution in [0.1, 0.15) is 46.5 Å². The molecule has 0 saturated carbocycles. The highest BCUT2D eigenvalue weighted by molar-refractivity contribution is 14.0. The molecule has 6 nitrogen and oxygen atoms in total. The van der Waals surface area contributed by atoms with Crippen LogP contribution in [0.25, 0.3) is 0 Å². The fraction of sp³-hybridized carbons (Fsp3) is 0.950. The van der Waals surface area contributed by atoms with Crippen molar-refractivity contribution in [2.24, 2.45) is 10.9 Å². The minimum absolute atomic E-state index is 0. The van der Waals surface area contributed by atoms with Crippen molar-refractivity contribution >= 4 is 29.9 Å². The van der Waals surface area contributed by atoms with E-state index in [0.29, 0.717) is 6.04 Å². The Morgan fingerprint density at radius 1 is 1.19 bits per heavy atom. The number of morpholine rings is 1. The zero-order valence-electron chi connectivity index (χ0n) is 17.7. The third-order valence-corrected chi connectivity index (χ3v) is 5.46. The van der Waals surface area contributed by atoms with Crippen LogP contribution < -0.4 is 10.6 Å². The van der Waals surface area contributed by atoms with Gasteiger partial charge in [-0.1, -0.05) is 6.92 Å². The maximum atomic E-state index is 5.43. The number of rotatable bonds is 9. The summed E-state index contributed by atoms with van der Waals surface area (Å²) in [6, 6.07) is 0.468. The number of hydrogen-bond donors (Lipinski definition) is 2. The van der Waals surface area contributed by atoms with Gasteiger partial charge in [0.25, 0.3) is 0 Å². The molecule has 0 aromatic rings. The lowest BCUT2D eigenvalue weighted by Gasteiger charge is -2.31. The van der Waals surface area contributed by atoms with E-state index in [4.69, 9.17) is 9.73 Å². The molecule has 0 bridgehead atoms. The summed E-state index contributed by atoms with van der Waals surface area (Å²) < 4.78 is 5.43. The van der Waals surface area contributed by atoms with Crippen LogP contribution in [0.4, 0.5) is 0 Å². The Bertz CT molecular complexity index is 404. The molecule has 7 heteroatoms. The number of ether oxygens (including phenoxy) is 1. The fourth-order valence-corrected chi connectivity index (χ4v) is 3.86. The van der Waals surface area contributed by atoms with Gasteiger partial charge in [-0.2, -0.15) is 0 Å². The summed E-state index contributed by atoms with van der Waals surface area (Å²) in [6.07, 6.45) is 5.25. The van der Waals surface area contributed by atoms with Gasteiger partial charge in [0.1, 0.15) is 0 Å². The highest BCUT2D eigenvalue weighted by Crippen LogP contribution is 2.15. The molecule has 0 amide bonds. The number of hydrogen-bond acceptors (Lipinski definition) is 4. The van der Waals surface area contributed by atoms with Gasteiger partial charge in [-0.3, -0.25) is 9.89 Å². The Labute approximate surface area is 183 Å². The third-order valence-electron chi connectivity index (χ3n) is 5.46. The van der Waals surface area contributed by atoms with E-state index in [0.717, 1.165) is 57.8 Å². The highest BCUT2D eigenvalue weighted by atomic mass is 127. The van der Waals surface area contributed by atoms with Crippen molar-refractivity contribution in [1.29, 1.82) is 0 Å². The smallest absolute Gasteiger partial charge is 0.191 e. The summed E-state index contributed by atoms with van der Waals surface area (Å²) in [5, 5.41) is 6.87. The number of nitrogens with one attached hydrogen (secondary N) is 2. The lowest BCUT2D eigenvalue weighted by molar-refractivity contribution is 0.0220. The quantitative estimate of drug-likeness (QED) is 0.223. The van der Waals surface area contributed by atoms with Crippen molar-refractivity contribution in [2.45, 2.75) is 52.5 Å². The average Bonchev–Trinajstić information content (AvgIpc) is 2.66. The van der Waals surface area contributed by atoms with Gasteiger partial charge in [0.2, 0.25) is 0 Å². The second kappa shape index (κ2) is 14.8. The standard InChI is InChI=1S/C20H41N5O.HI/c1-4-21-20(23-16-19(3)25-12-14-26-15-13-25)22-9-5-6-10-24-11-7-8-18(2)17-24;/h18-19H,4-17H2,1-3H3,(H2,21,22,23);1H. The average molecular weight is 495 g/mol. The van der Waals surface area contributed by atoms with Gasteiger partial charge < -0.3 is 20.3 Å². The monoisotopic (exact) mass is 495 g/mol. The Hall–Kier alpha value is -0.120. The van der Waals surface area contributed by atoms with Gasteiger partial charge >= 0.3 is 0 Å². The molecule has 2 unspecified atom stereocenters. The first-order valence-corrected chi connectivity index (χ1v) is 10.8. The van der Waals surface area contributed by atoms with Crippen molar-refractivity contribution in [3.8, 4) is 0 Å². The third kappa shape index (κ3) is 10.3. The highest BCUT2D eigenvalue weighted by Gasteiger charge is 2.17. The molecule has 2 rings (SSSR count). The predicted molar refractivity (Wildman–Crippen MR) is 125 cm³/mol. The van der Waals surface area contributed by atoms with Gasteiger partial charge in [-0.25, -0.2) is 0 Å². The van der Waals surface area contributed by atoms with Gasteiger partial charge in [-0.15, -0.1) is 24.0 Å². The van der Waals surface area contributed by atoms with Crippen LogP contribution >= 0.6 is 24.0 Å². The summed E-state index contributed by atoms with van der Waals surface area (Å²) in [5.74, 6) is 1.84. The summed E-state index contributed by atoms with van der Waals surface area (Å²) in [7, 11) is 0. The lowest BCUT2D eigenvalue weighted by Crippen LogP contribution is -2.44. The van der Waals surface area contributed by atoms with E-state index >= 15 is 0 Å². The second-order valence-electron chi connectivity index (χ2n) is 7.90. The maximum Gasteiger partial charge on any atom is 0.191 e. The van der Waals surface area contributed by atoms with Crippen LogP contribution in [0, 0.1) is 5.92 Å². The number of nitrogens with zero attached hydrogens (tertiary/aromatic N) is 3. The number of halogens is 1. The molecule has 0 aromatic heterocycles. The van der Waals surface area contributed by atoms with E-state index in [1.165, 1.54) is 45.3 Å². The molecule has 0 aliphatic carbocycles. The molecule has 2 atom stereocenters. The number of aliphatic imine (C=N–C) groups is 1. The van der Waals surface area contributed by atoms with Crippen LogP contribution in [0.15, 0.2) is 4.99 Å². The molecule has 2 N–H and O–H groups in total. The Balaban J connectivity index is 0.00000364. The Morgan fingerprint density at radius 3 is 2.67 bits per heavy atom. The molecule has 2 heterocycles. The Kier molecular flexibility index (Phi) is 13.7. The van der Waals surface area contributed by atoms with Crippen LogP contribution in [-0.4, -0.2) is 87.4 Å². The largest absolute Gasteiger partial charge is 0.379 e. The number of guanidine groups is 1. The molecule has 2 saturated heterocycles. The first kappa shape index (κ1) is 24.9. The van der Waals surface area contributed by atoms with E-state index in [-0.39, 0.29) is 24.0 Å². The topological polar surface area (TPSA) is 52.1 Å². The normalized spacial score (nSPS) is 23.5. The first-order chi connectivity index (χ1) is 12.7. The van der Waals surface area contributed by atoms with E-state index < -0.39 is 0 Å². The van der Waals surface area contributed by atoms with Crippen molar-refractivity contribution in [3.63, 3.8) is 0 Å². The fourth-order valence-electron chi connectivity index (χ4n) is 3.86. The Morgan fingerprint density at radius 2 is 1.96 bits per heavy atom. The summed E-state index contributed by atoms with van der Waals surface area (Å²) >= 11 is 0. The van der Waals surface area contributed by atoms with E-state index in [9.17, 15) is 0 Å². The van der Waals surface area contributed by atoms with Crippen LogP contribution in [0.3, 0.4) is 0 Å². The van der Waals surface area contributed by atoms with Gasteiger partial charge in [0, 0.05) is 38.8 Å². The number of likely N-dealkylation sites (tertiary alicyclic amines) is 1. The molecular weight excluding hydrogens is 453 g/mol. The molecule has 0 spiro atoms. The van der Waals surface area contributed by atoms with E-state index in [2.05, 4.69) is 41.2 Å².